The molecule has 0 bridgehead atoms. The molecule has 0 atom stereocenters. The van der Waals surface area contributed by atoms with Gasteiger partial charge in [0.1, 0.15) is 11.3 Å². The van der Waals surface area contributed by atoms with Crippen molar-refractivity contribution in [3.63, 3.8) is 0 Å². The Labute approximate surface area is 96.4 Å². The normalized spacial score (nSPS) is 10.6. The lowest BCUT2D eigenvalue weighted by molar-refractivity contribution is 0.194. The number of H-pyrrole nitrogens is 1. The van der Waals surface area contributed by atoms with Gasteiger partial charge in [-0.05, 0) is 12.1 Å². The second kappa shape index (κ2) is 4.40. The molecule has 0 aliphatic carbocycles. The molecule has 0 spiro atoms. The standard InChI is InChI=1S/C10H10ClN3O2/c11-6-2-1-3-7-9(6)14-8(13-7)4-5-12-10(15)16/h1-3,12H,4-5H2,(H,13,14)(H,15,16). The molecule has 6 heteroatoms. The van der Waals surface area contributed by atoms with Gasteiger partial charge in [0.2, 0.25) is 0 Å². The Morgan fingerprint density at radius 1 is 1.56 bits per heavy atom. The number of hydrogen-bond acceptors (Lipinski definition) is 2. The van der Waals surface area contributed by atoms with Crippen LogP contribution in [0.4, 0.5) is 4.79 Å². The molecule has 0 aliphatic rings. The molecule has 0 radical (unpaired) electrons. The van der Waals surface area contributed by atoms with E-state index < -0.39 is 6.09 Å². The summed E-state index contributed by atoms with van der Waals surface area (Å²) in [4.78, 5) is 17.6. The molecule has 2 rings (SSSR count). The SMILES string of the molecule is O=C(O)NCCc1nc2c(Cl)cccc2[nH]1. The summed E-state index contributed by atoms with van der Waals surface area (Å²) in [6.45, 7) is 0.326. The summed E-state index contributed by atoms with van der Waals surface area (Å²) in [5.41, 5.74) is 1.58. The lowest BCUT2D eigenvalue weighted by atomic mass is 10.3. The highest BCUT2D eigenvalue weighted by molar-refractivity contribution is 6.34. The van der Waals surface area contributed by atoms with Gasteiger partial charge in [-0.25, -0.2) is 9.78 Å². The van der Waals surface area contributed by atoms with Crippen LogP contribution in [0.25, 0.3) is 11.0 Å². The molecule has 0 saturated carbocycles. The van der Waals surface area contributed by atoms with Crippen LogP contribution < -0.4 is 5.32 Å². The Kier molecular flexibility index (Phi) is 2.96. The number of carbonyl (C=O) groups is 1. The van der Waals surface area contributed by atoms with Crippen molar-refractivity contribution in [1.29, 1.82) is 0 Å². The molecule has 5 nitrogen and oxygen atoms in total. The van der Waals surface area contributed by atoms with Gasteiger partial charge in [0.05, 0.1) is 10.5 Å². The largest absolute Gasteiger partial charge is 0.465 e. The Morgan fingerprint density at radius 2 is 2.38 bits per heavy atom. The summed E-state index contributed by atoms with van der Waals surface area (Å²) in [7, 11) is 0. The van der Waals surface area contributed by atoms with E-state index in [4.69, 9.17) is 16.7 Å². The van der Waals surface area contributed by atoms with Crippen LogP contribution in [-0.4, -0.2) is 27.7 Å². The van der Waals surface area contributed by atoms with Crippen LogP contribution in [-0.2, 0) is 6.42 Å². The number of benzene rings is 1. The van der Waals surface area contributed by atoms with Crippen molar-refractivity contribution in [2.75, 3.05) is 6.54 Å². The first-order valence-corrected chi connectivity index (χ1v) is 5.14. The molecule has 0 unspecified atom stereocenters. The average Bonchev–Trinajstić information content (AvgIpc) is 2.61. The first kappa shape index (κ1) is 10.8. The number of carboxylic acid groups (broad SMARTS) is 1. The molecule has 84 valence electrons. The maximum atomic E-state index is 10.3. The second-order valence-electron chi connectivity index (χ2n) is 3.30. The zero-order chi connectivity index (χ0) is 11.5. The van der Waals surface area contributed by atoms with E-state index in [9.17, 15) is 4.79 Å². The monoisotopic (exact) mass is 239 g/mol. The van der Waals surface area contributed by atoms with Crippen molar-refractivity contribution < 1.29 is 9.90 Å². The topological polar surface area (TPSA) is 78.0 Å². The molecule has 16 heavy (non-hydrogen) atoms. The smallest absolute Gasteiger partial charge is 0.404 e. The third-order valence-electron chi connectivity index (χ3n) is 2.15. The zero-order valence-corrected chi connectivity index (χ0v) is 9.08. The highest BCUT2D eigenvalue weighted by Crippen LogP contribution is 2.20. The van der Waals surface area contributed by atoms with E-state index in [1.54, 1.807) is 6.07 Å². The Balaban J connectivity index is 2.14. The minimum Gasteiger partial charge on any atom is -0.465 e. The average molecular weight is 240 g/mol. The first-order chi connectivity index (χ1) is 7.66. The Bertz CT molecular complexity index is 524. The molecule has 1 amide bonds. The van der Waals surface area contributed by atoms with E-state index in [2.05, 4.69) is 15.3 Å². The quantitative estimate of drug-likeness (QED) is 0.767. The summed E-state index contributed by atoms with van der Waals surface area (Å²) in [5, 5.41) is 11.3. The van der Waals surface area contributed by atoms with Gasteiger partial charge in [0, 0.05) is 13.0 Å². The van der Waals surface area contributed by atoms with Crippen molar-refractivity contribution in [1.82, 2.24) is 15.3 Å². The molecule has 1 aromatic heterocycles. The number of hydrogen-bond donors (Lipinski definition) is 3. The number of nitrogens with zero attached hydrogens (tertiary/aromatic N) is 1. The number of nitrogens with one attached hydrogen (secondary N) is 2. The summed E-state index contributed by atoms with van der Waals surface area (Å²) in [6, 6.07) is 5.48. The summed E-state index contributed by atoms with van der Waals surface area (Å²) in [6.07, 6.45) is -0.522. The number of aromatic nitrogens is 2. The van der Waals surface area contributed by atoms with Gasteiger partial charge in [-0.2, -0.15) is 0 Å². The minimum atomic E-state index is -1.03. The number of halogens is 1. The highest BCUT2D eigenvalue weighted by Gasteiger charge is 2.05. The molecule has 3 N–H and O–H groups in total. The van der Waals surface area contributed by atoms with Gasteiger partial charge in [-0.15, -0.1) is 0 Å². The summed E-state index contributed by atoms with van der Waals surface area (Å²) < 4.78 is 0. The number of amides is 1. The van der Waals surface area contributed by atoms with E-state index in [1.807, 2.05) is 12.1 Å². The molecule has 0 saturated heterocycles. The molecular weight excluding hydrogens is 230 g/mol. The van der Waals surface area contributed by atoms with Gasteiger partial charge >= 0.3 is 6.09 Å². The molecule has 1 aromatic carbocycles. The molecule has 2 aromatic rings. The third kappa shape index (κ3) is 2.25. The van der Waals surface area contributed by atoms with Crippen LogP contribution >= 0.6 is 11.6 Å². The van der Waals surface area contributed by atoms with E-state index in [0.717, 1.165) is 16.9 Å². The molecule has 0 fully saturated rings. The lowest BCUT2D eigenvalue weighted by Crippen LogP contribution is -2.23. The van der Waals surface area contributed by atoms with Crippen LogP contribution in [0.3, 0.4) is 0 Å². The number of para-hydroxylation sites is 1. The van der Waals surface area contributed by atoms with Crippen LogP contribution in [0.5, 0.6) is 0 Å². The number of fused-ring (bicyclic) bond motifs is 1. The van der Waals surface area contributed by atoms with Gasteiger partial charge < -0.3 is 15.4 Å². The van der Waals surface area contributed by atoms with Crippen LogP contribution in [0.1, 0.15) is 5.82 Å². The van der Waals surface area contributed by atoms with Crippen molar-refractivity contribution >= 4 is 28.7 Å². The van der Waals surface area contributed by atoms with Gasteiger partial charge in [-0.3, -0.25) is 0 Å². The maximum absolute atomic E-state index is 10.3. The number of aromatic amines is 1. The first-order valence-electron chi connectivity index (χ1n) is 4.77. The van der Waals surface area contributed by atoms with Gasteiger partial charge in [0.15, 0.2) is 0 Å². The van der Waals surface area contributed by atoms with E-state index in [1.165, 1.54) is 0 Å². The van der Waals surface area contributed by atoms with Crippen molar-refractivity contribution in [3.8, 4) is 0 Å². The summed E-state index contributed by atoms with van der Waals surface area (Å²) >= 11 is 5.96. The van der Waals surface area contributed by atoms with Crippen LogP contribution in [0, 0.1) is 0 Å². The predicted molar refractivity (Wildman–Crippen MR) is 60.8 cm³/mol. The minimum absolute atomic E-state index is 0.326. The fraction of sp³-hybridized carbons (Fsp3) is 0.200. The Morgan fingerprint density at radius 3 is 3.06 bits per heavy atom. The second-order valence-corrected chi connectivity index (χ2v) is 3.71. The van der Waals surface area contributed by atoms with Gasteiger partial charge in [0.25, 0.3) is 0 Å². The van der Waals surface area contributed by atoms with Crippen LogP contribution in [0.15, 0.2) is 18.2 Å². The van der Waals surface area contributed by atoms with E-state index in [-0.39, 0.29) is 0 Å². The molecule has 1 heterocycles. The fourth-order valence-electron chi connectivity index (χ4n) is 1.45. The van der Waals surface area contributed by atoms with Crippen molar-refractivity contribution in [3.05, 3.63) is 29.0 Å². The molecule has 0 aliphatic heterocycles. The van der Waals surface area contributed by atoms with Crippen LogP contribution in [0.2, 0.25) is 5.02 Å². The number of imidazole rings is 1. The van der Waals surface area contributed by atoms with Gasteiger partial charge in [-0.1, -0.05) is 17.7 Å². The Hall–Kier alpha value is -1.75. The highest BCUT2D eigenvalue weighted by atomic mass is 35.5. The molecular formula is C10H10ClN3O2. The van der Waals surface area contributed by atoms with E-state index >= 15 is 0 Å². The summed E-state index contributed by atoms with van der Waals surface area (Å²) in [5.74, 6) is 0.719. The van der Waals surface area contributed by atoms with Crippen molar-refractivity contribution in [2.24, 2.45) is 0 Å². The van der Waals surface area contributed by atoms with Crippen molar-refractivity contribution in [2.45, 2.75) is 6.42 Å². The third-order valence-corrected chi connectivity index (χ3v) is 2.46. The van der Waals surface area contributed by atoms with E-state index in [0.29, 0.717) is 18.0 Å². The lowest BCUT2D eigenvalue weighted by Gasteiger charge is -1.96. The number of rotatable bonds is 3. The maximum Gasteiger partial charge on any atom is 0.404 e. The fourth-order valence-corrected chi connectivity index (χ4v) is 1.67. The zero-order valence-electron chi connectivity index (χ0n) is 8.33. The predicted octanol–water partition coefficient (Wildman–Crippen LogP) is 2.03.